The summed E-state index contributed by atoms with van der Waals surface area (Å²) in [5.41, 5.74) is 1.96. The van der Waals surface area contributed by atoms with Gasteiger partial charge >= 0.3 is 0 Å². The lowest BCUT2D eigenvalue weighted by Crippen LogP contribution is -2.01. The fraction of sp³-hybridized carbons (Fsp3) is 0.214. The van der Waals surface area contributed by atoms with E-state index in [-0.39, 0.29) is 0 Å². The summed E-state index contributed by atoms with van der Waals surface area (Å²) in [5.74, 6) is 0.796. The summed E-state index contributed by atoms with van der Waals surface area (Å²) in [7, 11) is 1.63. The van der Waals surface area contributed by atoms with E-state index in [9.17, 15) is 5.11 Å². The molecule has 0 fully saturated rings. The molecule has 17 heavy (non-hydrogen) atoms. The van der Waals surface area contributed by atoms with Crippen LogP contribution in [0.2, 0.25) is 0 Å². The van der Waals surface area contributed by atoms with Crippen molar-refractivity contribution in [1.82, 2.24) is 4.98 Å². The molecule has 0 saturated carbocycles. The number of nitrogens with zero attached hydrogens (tertiary/aromatic N) is 1. The van der Waals surface area contributed by atoms with Gasteiger partial charge in [-0.2, -0.15) is 0 Å². The van der Waals surface area contributed by atoms with Gasteiger partial charge in [-0.25, -0.2) is 0 Å². The SMILES string of the molecule is COc1ccc([C@H](O)Cc2ccncc2)cc1. The second-order valence-corrected chi connectivity index (χ2v) is 3.85. The van der Waals surface area contributed by atoms with Crippen LogP contribution in [0.15, 0.2) is 48.8 Å². The van der Waals surface area contributed by atoms with Crippen LogP contribution in [0.1, 0.15) is 17.2 Å². The highest BCUT2D eigenvalue weighted by Gasteiger charge is 2.08. The van der Waals surface area contributed by atoms with Gasteiger partial charge < -0.3 is 9.84 Å². The van der Waals surface area contributed by atoms with Crippen LogP contribution < -0.4 is 4.74 Å². The van der Waals surface area contributed by atoms with E-state index in [2.05, 4.69) is 4.98 Å². The zero-order valence-corrected chi connectivity index (χ0v) is 9.71. The molecule has 0 radical (unpaired) electrons. The first-order valence-electron chi connectivity index (χ1n) is 5.50. The van der Waals surface area contributed by atoms with E-state index in [0.29, 0.717) is 6.42 Å². The van der Waals surface area contributed by atoms with Crippen LogP contribution in [-0.2, 0) is 6.42 Å². The lowest BCUT2D eigenvalue weighted by Gasteiger charge is -2.11. The number of pyridine rings is 1. The minimum atomic E-state index is -0.497. The molecule has 0 aliphatic rings. The number of benzene rings is 1. The Hall–Kier alpha value is -1.87. The highest BCUT2D eigenvalue weighted by Crippen LogP contribution is 2.20. The predicted molar refractivity (Wildman–Crippen MR) is 65.9 cm³/mol. The Morgan fingerprint density at radius 3 is 2.35 bits per heavy atom. The monoisotopic (exact) mass is 229 g/mol. The van der Waals surface area contributed by atoms with Gasteiger partial charge in [0.1, 0.15) is 5.75 Å². The molecule has 1 aromatic carbocycles. The standard InChI is InChI=1S/C14H15NO2/c1-17-13-4-2-12(3-5-13)14(16)10-11-6-8-15-9-7-11/h2-9,14,16H,10H2,1H3/t14-/m1/s1. The lowest BCUT2D eigenvalue weighted by atomic mass is 10.0. The normalized spacial score (nSPS) is 12.1. The van der Waals surface area contributed by atoms with Crippen molar-refractivity contribution in [2.45, 2.75) is 12.5 Å². The second kappa shape index (κ2) is 5.46. The minimum absolute atomic E-state index is 0.497. The molecular formula is C14H15NO2. The number of hydrogen-bond donors (Lipinski definition) is 1. The number of aliphatic hydroxyl groups is 1. The number of rotatable bonds is 4. The van der Waals surface area contributed by atoms with E-state index in [4.69, 9.17) is 4.74 Å². The first-order valence-corrected chi connectivity index (χ1v) is 5.50. The van der Waals surface area contributed by atoms with Gasteiger partial charge in [0.15, 0.2) is 0 Å². The molecule has 3 heteroatoms. The van der Waals surface area contributed by atoms with Gasteiger partial charge in [0.05, 0.1) is 13.2 Å². The zero-order valence-electron chi connectivity index (χ0n) is 9.71. The summed E-state index contributed by atoms with van der Waals surface area (Å²) in [5, 5.41) is 10.1. The van der Waals surface area contributed by atoms with E-state index in [1.165, 1.54) is 0 Å². The zero-order chi connectivity index (χ0) is 12.1. The predicted octanol–water partition coefficient (Wildman–Crippen LogP) is 2.37. The average molecular weight is 229 g/mol. The largest absolute Gasteiger partial charge is 0.497 e. The van der Waals surface area contributed by atoms with Crippen molar-refractivity contribution in [2.24, 2.45) is 0 Å². The molecular weight excluding hydrogens is 214 g/mol. The highest BCUT2D eigenvalue weighted by molar-refractivity contribution is 5.29. The number of methoxy groups -OCH3 is 1. The third-order valence-corrected chi connectivity index (χ3v) is 2.68. The first kappa shape index (κ1) is 11.6. The van der Waals surface area contributed by atoms with Gasteiger partial charge in [-0.1, -0.05) is 12.1 Å². The topological polar surface area (TPSA) is 42.4 Å². The fourth-order valence-corrected chi connectivity index (χ4v) is 1.69. The van der Waals surface area contributed by atoms with Crippen molar-refractivity contribution in [1.29, 1.82) is 0 Å². The molecule has 0 bridgehead atoms. The summed E-state index contributed by atoms with van der Waals surface area (Å²) < 4.78 is 5.08. The van der Waals surface area contributed by atoms with E-state index in [1.807, 2.05) is 36.4 Å². The molecule has 1 aromatic heterocycles. The maximum Gasteiger partial charge on any atom is 0.118 e. The maximum absolute atomic E-state index is 10.1. The number of hydrogen-bond acceptors (Lipinski definition) is 3. The minimum Gasteiger partial charge on any atom is -0.497 e. The van der Waals surface area contributed by atoms with Gasteiger partial charge in [0.2, 0.25) is 0 Å². The van der Waals surface area contributed by atoms with Crippen LogP contribution in [0.25, 0.3) is 0 Å². The average Bonchev–Trinajstić information content (AvgIpc) is 2.40. The van der Waals surface area contributed by atoms with Gasteiger partial charge in [0.25, 0.3) is 0 Å². The Kier molecular flexibility index (Phi) is 3.73. The molecule has 0 unspecified atom stereocenters. The molecule has 1 atom stereocenters. The van der Waals surface area contributed by atoms with E-state index in [0.717, 1.165) is 16.9 Å². The van der Waals surface area contributed by atoms with Crippen LogP contribution in [0.4, 0.5) is 0 Å². The van der Waals surface area contributed by atoms with Gasteiger partial charge in [-0.05, 0) is 35.4 Å². The van der Waals surface area contributed by atoms with E-state index < -0.39 is 6.10 Å². The molecule has 1 heterocycles. The van der Waals surface area contributed by atoms with E-state index in [1.54, 1.807) is 19.5 Å². The molecule has 88 valence electrons. The quantitative estimate of drug-likeness (QED) is 0.875. The van der Waals surface area contributed by atoms with Crippen molar-refractivity contribution in [2.75, 3.05) is 7.11 Å². The van der Waals surface area contributed by atoms with Crippen molar-refractivity contribution >= 4 is 0 Å². The Bertz CT molecular complexity index is 453. The summed E-state index contributed by atoms with van der Waals surface area (Å²) in [6.45, 7) is 0. The summed E-state index contributed by atoms with van der Waals surface area (Å²) in [6, 6.07) is 11.3. The summed E-state index contributed by atoms with van der Waals surface area (Å²) >= 11 is 0. The van der Waals surface area contributed by atoms with Crippen LogP contribution >= 0.6 is 0 Å². The van der Waals surface area contributed by atoms with E-state index >= 15 is 0 Å². The molecule has 0 spiro atoms. The lowest BCUT2D eigenvalue weighted by molar-refractivity contribution is 0.178. The Morgan fingerprint density at radius 1 is 1.12 bits per heavy atom. The van der Waals surface area contributed by atoms with Crippen molar-refractivity contribution in [3.05, 3.63) is 59.9 Å². The smallest absolute Gasteiger partial charge is 0.118 e. The molecule has 0 amide bonds. The van der Waals surface area contributed by atoms with Crippen LogP contribution in [0.3, 0.4) is 0 Å². The number of aromatic nitrogens is 1. The third kappa shape index (κ3) is 3.04. The summed E-state index contributed by atoms with van der Waals surface area (Å²) in [4.78, 5) is 3.95. The number of ether oxygens (including phenoxy) is 1. The van der Waals surface area contributed by atoms with Crippen LogP contribution in [0.5, 0.6) is 5.75 Å². The molecule has 0 aliphatic heterocycles. The first-order chi connectivity index (χ1) is 8.29. The van der Waals surface area contributed by atoms with Crippen LogP contribution in [-0.4, -0.2) is 17.2 Å². The third-order valence-electron chi connectivity index (χ3n) is 2.68. The fourth-order valence-electron chi connectivity index (χ4n) is 1.69. The molecule has 0 aliphatic carbocycles. The van der Waals surface area contributed by atoms with Crippen molar-refractivity contribution in [3.8, 4) is 5.75 Å². The van der Waals surface area contributed by atoms with Crippen LogP contribution in [0, 0.1) is 0 Å². The summed E-state index contributed by atoms with van der Waals surface area (Å²) in [6.07, 6.45) is 3.56. The second-order valence-electron chi connectivity index (χ2n) is 3.85. The Balaban J connectivity index is 2.06. The molecule has 2 aromatic rings. The molecule has 2 rings (SSSR count). The molecule has 1 N–H and O–H groups in total. The Morgan fingerprint density at radius 2 is 1.76 bits per heavy atom. The molecule has 0 saturated heterocycles. The maximum atomic E-state index is 10.1. The molecule has 3 nitrogen and oxygen atoms in total. The van der Waals surface area contributed by atoms with Gasteiger partial charge in [-0.15, -0.1) is 0 Å². The van der Waals surface area contributed by atoms with Gasteiger partial charge in [-0.3, -0.25) is 4.98 Å². The number of aliphatic hydroxyl groups excluding tert-OH is 1. The van der Waals surface area contributed by atoms with Crippen molar-refractivity contribution in [3.63, 3.8) is 0 Å². The van der Waals surface area contributed by atoms with Gasteiger partial charge in [0, 0.05) is 18.8 Å². The highest BCUT2D eigenvalue weighted by atomic mass is 16.5. The Labute approximate surface area is 101 Å². The van der Waals surface area contributed by atoms with Crippen molar-refractivity contribution < 1.29 is 9.84 Å².